The Morgan fingerprint density at radius 1 is 1.14 bits per heavy atom. The molecule has 5 nitrogen and oxygen atoms in total. The summed E-state index contributed by atoms with van der Waals surface area (Å²) in [7, 11) is 2.38. The van der Waals surface area contributed by atoms with Crippen LogP contribution in [0.1, 0.15) is 18.9 Å². The van der Waals surface area contributed by atoms with Crippen molar-refractivity contribution in [2.24, 2.45) is 0 Å². The van der Waals surface area contributed by atoms with Gasteiger partial charge in [0.15, 0.2) is 0 Å². The molecule has 0 saturated heterocycles. The summed E-state index contributed by atoms with van der Waals surface area (Å²) in [5, 5.41) is 3.02. The van der Waals surface area contributed by atoms with E-state index in [2.05, 4.69) is 10.2 Å². The average molecular weight is 313 g/mol. The lowest BCUT2D eigenvalue weighted by atomic mass is 10.2. The smallest absolute Gasteiger partial charge is 0.243 e. The minimum absolute atomic E-state index is 0.408. The molecule has 0 bridgehead atoms. The van der Waals surface area contributed by atoms with Crippen LogP contribution >= 0.6 is 0 Å². The molecule has 0 aromatic heterocycles. The largest absolute Gasteiger partial charge is 0.316 e. The third kappa shape index (κ3) is 5.07. The van der Waals surface area contributed by atoms with Gasteiger partial charge in [0.1, 0.15) is 0 Å². The maximum atomic E-state index is 12.8. The molecule has 0 fully saturated rings. The van der Waals surface area contributed by atoms with E-state index in [1.807, 2.05) is 40.2 Å². The Balaban J connectivity index is 2.96. The predicted octanol–water partition coefficient (Wildman–Crippen LogP) is 1.37. The average Bonchev–Trinajstić information content (AvgIpc) is 2.44. The van der Waals surface area contributed by atoms with E-state index in [9.17, 15) is 8.42 Å². The van der Waals surface area contributed by atoms with Gasteiger partial charge in [-0.05, 0) is 45.7 Å². The zero-order valence-electron chi connectivity index (χ0n) is 13.5. The first-order valence-corrected chi connectivity index (χ1v) is 8.74. The van der Waals surface area contributed by atoms with E-state index < -0.39 is 10.0 Å². The number of sulfonamides is 1. The van der Waals surface area contributed by atoms with Crippen LogP contribution in [0.4, 0.5) is 0 Å². The number of hydrogen-bond acceptors (Lipinski definition) is 4. The summed E-state index contributed by atoms with van der Waals surface area (Å²) < 4.78 is 27.2. The van der Waals surface area contributed by atoms with E-state index in [0.717, 1.165) is 18.5 Å². The van der Waals surface area contributed by atoms with Crippen LogP contribution in [0.2, 0.25) is 0 Å². The number of hydrogen-bond donors (Lipinski definition) is 1. The SMILES string of the molecule is CCN(CCCN(C)C)S(=O)(=O)c1ccccc1CNC. The molecular weight excluding hydrogens is 286 g/mol. The summed E-state index contributed by atoms with van der Waals surface area (Å²) in [6.45, 7) is 4.34. The van der Waals surface area contributed by atoms with Gasteiger partial charge in [0.25, 0.3) is 0 Å². The third-order valence-electron chi connectivity index (χ3n) is 3.32. The molecule has 1 aromatic rings. The molecular formula is C15H27N3O2S. The van der Waals surface area contributed by atoms with Gasteiger partial charge in [0, 0.05) is 19.6 Å². The first-order valence-electron chi connectivity index (χ1n) is 7.30. The summed E-state index contributed by atoms with van der Waals surface area (Å²) in [6.07, 6.45) is 0.828. The number of nitrogens with one attached hydrogen (secondary N) is 1. The maximum absolute atomic E-state index is 12.8. The monoisotopic (exact) mass is 313 g/mol. The highest BCUT2D eigenvalue weighted by Gasteiger charge is 2.24. The second kappa shape index (κ2) is 8.48. The molecule has 1 N–H and O–H groups in total. The van der Waals surface area contributed by atoms with Crippen molar-refractivity contribution in [1.82, 2.24) is 14.5 Å². The van der Waals surface area contributed by atoms with Gasteiger partial charge < -0.3 is 10.2 Å². The molecule has 0 saturated carbocycles. The highest BCUT2D eigenvalue weighted by Crippen LogP contribution is 2.20. The topological polar surface area (TPSA) is 52.7 Å². The van der Waals surface area contributed by atoms with Gasteiger partial charge in [0.2, 0.25) is 10.0 Å². The molecule has 0 aliphatic heterocycles. The first-order chi connectivity index (χ1) is 9.93. The highest BCUT2D eigenvalue weighted by atomic mass is 32.2. The number of benzene rings is 1. The van der Waals surface area contributed by atoms with Crippen molar-refractivity contribution in [3.8, 4) is 0 Å². The Labute approximate surface area is 129 Å². The van der Waals surface area contributed by atoms with Crippen LogP contribution < -0.4 is 5.32 Å². The Morgan fingerprint density at radius 2 is 1.81 bits per heavy atom. The Hall–Kier alpha value is -0.950. The normalized spacial score (nSPS) is 12.3. The van der Waals surface area contributed by atoms with E-state index in [4.69, 9.17) is 0 Å². The molecule has 0 amide bonds. The molecule has 120 valence electrons. The summed E-state index contributed by atoms with van der Waals surface area (Å²) in [6, 6.07) is 7.20. The highest BCUT2D eigenvalue weighted by molar-refractivity contribution is 7.89. The molecule has 0 heterocycles. The van der Waals surface area contributed by atoms with Crippen molar-refractivity contribution in [3.05, 3.63) is 29.8 Å². The fourth-order valence-corrected chi connectivity index (χ4v) is 3.95. The second-order valence-electron chi connectivity index (χ2n) is 5.29. The van der Waals surface area contributed by atoms with Crippen molar-refractivity contribution in [1.29, 1.82) is 0 Å². The minimum atomic E-state index is -3.43. The van der Waals surface area contributed by atoms with Gasteiger partial charge in [-0.3, -0.25) is 0 Å². The van der Waals surface area contributed by atoms with Crippen molar-refractivity contribution in [2.45, 2.75) is 24.8 Å². The Kier molecular flexibility index (Phi) is 7.31. The van der Waals surface area contributed by atoms with E-state index in [-0.39, 0.29) is 0 Å². The van der Waals surface area contributed by atoms with Crippen LogP contribution in [0.5, 0.6) is 0 Å². The lowest BCUT2D eigenvalue weighted by Gasteiger charge is -2.23. The van der Waals surface area contributed by atoms with E-state index in [1.165, 1.54) is 0 Å². The van der Waals surface area contributed by atoms with Crippen molar-refractivity contribution >= 4 is 10.0 Å². The van der Waals surface area contributed by atoms with Crippen LogP contribution in [0.3, 0.4) is 0 Å². The van der Waals surface area contributed by atoms with Crippen molar-refractivity contribution in [2.75, 3.05) is 40.8 Å². The Bertz CT molecular complexity index is 529. The maximum Gasteiger partial charge on any atom is 0.243 e. The molecule has 0 unspecified atom stereocenters. The standard InChI is InChI=1S/C15H27N3O2S/c1-5-18(12-8-11-17(3)4)21(19,20)15-10-7-6-9-14(15)13-16-2/h6-7,9-10,16H,5,8,11-13H2,1-4H3. The van der Waals surface area contributed by atoms with Crippen molar-refractivity contribution < 1.29 is 8.42 Å². The third-order valence-corrected chi connectivity index (χ3v) is 5.40. The lowest BCUT2D eigenvalue weighted by Crippen LogP contribution is -2.34. The van der Waals surface area contributed by atoms with E-state index >= 15 is 0 Å². The fraction of sp³-hybridized carbons (Fsp3) is 0.600. The molecule has 0 radical (unpaired) electrons. The van der Waals surface area contributed by atoms with Crippen LogP contribution in [0.15, 0.2) is 29.2 Å². The molecule has 21 heavy (non-hydrogen) atoms. The van der Waals surface area contributed by atoms with Gasteiger partial charge in [-0.15, -0.1) is 0 Å². The quantitative estimate of drug-likeness (QED) is 0.748. The molecule has 0 spiro atoms. The number of rotatable bonds is 9. The summed E-state index contributed by atoms with van der Waals surface area (Å²) >= 11 is 0. The van der Waals surface area contributed by atoms with Gasteiger partial charge >= 0.3 is 0 Å². The molecule has 0 aliphatic rings. The van der Waals surface area contributed by atoms with Gasteiger partial charge in [-0.1, -0.05) is 25.1 Å². The first kappa shape index (κ1) is 18.1. The van der Waals surface area contributed by atoms with Crippen LogP contribution in [-0.4, -0.2) is 58.4 Å². The van der Waals surface area contributed by atoms with E-state index in [1.54, 1.807) is 16.4 Å². The molecule has 0 aliphatic carbocycles. The summed E-state index contributed by atoms with van der Waals surface area (Å²) in [5.74, 6) is 0. The van der Waals surface area contributed by atoms with Crippen LogP contribution in [0, 0.1) is 0 Å². The predicted molar refractivity (Wildman–Crippen MR) is 86.8 cm³/mol. The minimum Gasteiger partial charge on any atom is -0.316 e. The van der Waals surface area contributed by atoms with Crippen molar-refractivity contribution in [3.63, 3.8) is 0 Å². The Morgan fingerprint density at radius 3 is 2.38 bits per heavy atom. The molecule has 6 heteroatoms. The van der Waals surface area contributed by atoms with Crippen LogP contribution in [0.25, 0.3) is 0 Å². The molecule has 1 rings (SSSR count). The summed E-state index contributed by atoms with van der Waals surface area (Å²) in [4.78, 5) is 2.47. The van der Waals surface area contributed by atoms with Gasteiger partial charge in [-0.2, -0.15) is 4.31 Å². The van der Waals surface area contributed by atoms with Gasteiger partial charge in [0.05, 0.1) is 4.90 Å². The van der Waals surface area contributed by atoms with Gasteiger partial charge in [-0.25, -0.2) is 8.42 Å². The lowest BCUT2D eigenvalue weighted by molar-refractivity contribution is 0.356. The zero-order valence-corrected chi connectivity index (χ0v) is 14.3. The zero-order chi connectivity index (χ0) is 15.9. The summed E-state index contributed by atoms with van der Waals surface area (Å²) in [5.41, 5.74) is 0.811. The molecule has 0 atom stereocenters. The van der Waals surface area contributed by atoms with E-state index in [0.29, 0.717) is 24.5 Å². The van der Waals surface area contributed by atoms with Crippen LogP contribution in [-0.2, 0) is 16.6 Å². The number of nitrogens with zero attached hydrogens (tertiary/aromatic N) is 2. The fourth-order valence-electron chi connectivity index (χ4n) is 2.24. The second-order valence-corrected chi connectivity index (χ2v) is 7.20. The molecule has 1 aromatic carbocycles.